The molecule has 1 N–H and O–H groups in total. The van der Waals surface area contributed by atoms with Crippen molar-refractivity contribution in [1.82, 2.24) is 0 Å². The quantitative estimate of drug-likeness (QED) is 0.200. The summed E-state index contributed by atoms with van der Waals surface area (Å²) in [5, 5.41) is 4.88. The molecule has 1 aliphatic heterocycles. The summed E-state index contributed by atoms with van der Waals surface area (Å²) in [6.45, 7) is 0.475. The van der Waals surface area contributed by atoms with Gasteiger partial charge in [0.25, 0.3) is 0 Å². The Kier molecular flexibility index (Phi) is 8.55. The molecule has 0 aliphatic carbocycles. The van der Waals surface area contributed by atoms with Crippen LogP contribution in [-0.2, 0) is 0 Å². The summed E-state index contributed by atoms with van der Waals surface area (Å²) in [5.41, 5.74) is 5.45. The van der Waals surface area contributed by atoms with Gasteiger partial charge >= 0.3 is 0 Å². The van der Waals surface area contributed by atoms with Gasteiger partial charge in [0.2, 0.25) is 0 Å². The second-order valence-corrected chi connectivity index (χ2v) is 11.4. The number of aliphatic imine (C=N–C) groups is 1. The fraction of sp³-hybridized carbons (Fsp3) is 0.139. The zero-order valence-corrected chi connectivity index (χ0v) is 25.5. The zero-order valence-electron chi connectivity index (χ0n) is 24.0. The summed E-state index contributed by atoms with van der Waals surface area (Å²) in [6, 6.07) is 42.4. The van der Waals surface area contributed by atoms with Crippen LogP contribution >= 0.6 is 23.2 Å². The topological polar surface area (TPSA) is 40.1 Å². The number of para-hydroxylation sites is 5. The number of fused-ring (bicyclic) bond motifs is 1. The number of ether oxygens (including phenoxy) is 1. The zero-order chi connectivity index (χ0) is 29.8. The van der Waals surface area contributed by atoms with Crippen LogP contribution in [0.25, 0.3) is 0 Å². The summed E-state index contributed by atoms with van der Waals surface area (Å²) >= 11 is 13.7. The standard InChI is InChI=1S/C36H32Cl2N4O/c1-41(2)27-21-22-28(31(38)23-27)35-29(24-39-32-18-10-9-17-30(32)37)36(40-33-19-11-12-20-34(33)43-35)42(25-13-5-3-6-14-25)26-15-7-4-8-16-26/h3-23,29,35,39H,24H2,1-2H3. The van der Waals surface area contributed by atoms with Crippen LogP contribution in [0.2, 0.25) is 10.0 Å². The van der Waals surface area contributed by atoms with E-state index in [2.05, 4.69) is 46.6 Å². The molecule has 5 aromatic carbocycles. The first kappa shape index (κ1) is 28.7. The van der Waals surface area contributed by atoms with Crippen LogP contribution < -0.4 is 19.9 Å². The number of halogens is 2. The molecule has 1 heterocycles. The minimum atomic E-state index is -0.476. The number of anilines is 4. The number of rotatable bonds is 7. The van der Waals surface area contributed by atoms with Gasteiger partial charge in [-0.15, -0.1) is 0 Å². The Morgan fingerprint density at radius 2 is 1.33 bits per heavy atom. The summed E-state index contributed by atoms with van der Waals surface area (Å²) in [6.07, 6.45) is -0.476. The Bertz CT molecular complexity index is 1690. The molecule has 5 aromatic rings. The monoisotopic (exact) mass is 606 g/mol. The third-order valence-corrected chi connectivity index (χ3v) is 8.16. The molecule has 0 saturated carbocycles. The molecule has 0 spiro atoms. The second-order valence-electron chi connectivity index (χ2n) is 10.6. The first-order valence-electron chi connectivity index (χ1n) is 14.2. The van der Waals surface area contributed by atoms with E-state index >= 15 is 0 Å². The molecule has 0 amide bonds. The average Bonchev–Trinajstić information content (AvgIpc) is 3.18. The van der Waals surface area contributed by atoms with Crippen LogP contribution in [0.4, 0.5) is 28.4 Å². The molecule has 0 fully saturated rings. The molecule has 0 saturated heterocycles. The molecule has 0 aromatic heterocycles. The maximum Gasteiger partial charge on any atom is 0.145 e. The van der Waals surface area contributed by atoms with Crippen molar-refractivity contribution >= 4 is 57.5 Å². The van der Waals surface area contributed by atoms with E-state index in [0.717, 1.165) is 39.8 Å². The lowest BCUT2D eigenvalue weighted by Crippen LogP contribution is -2.40. The predicted molar refractivity (Wildman–Crippen MR) is 181 cm³/mol. The Morgan fingerprint density at radius 3 is 1.98 bits per heavy atom. The fourth-order valence-corrected chi connectivity index (χ4v) is 5.81. The van der Waals surface area contributed by atoms with Gasteiger partial charge in [-0.05, 0) is 60.7 Å². The average molecular weight is 608 g/mol. The van der Waals surface area contributed by atoms with Crippen LogP contribution in [0.3, 0.4) is 0 Å². The number of amidine groups is 1. The first-order valence-corrected chi connectivity index (χ1v) is 14.9. The van der Waals surface area contributed by atoms with Crippen LogP contribution in [0, 0.1) is 5.92 Å². The van der Waals surface area contributed by atoms with Crippen molar-refractivity contribution in [2.75, 3.05) is 35.8 Å². The Labute approximate surface area is 263 Å². The van der Waals surface area contributed by atoms with Crippen molar-refractivity contribution in [1.29, 1.82) is 0 Å². The van der Waals surface area contributed by atoms with Crippen molar-refractivity contribution < 1.29 is 4.74 Å². The molecular formula is C36H32Cl2N4O. The lowest BCUT2D eigenvalue weighted by Gasteiger charge is -2.35. The third kappa shape index (κ3) is 6.19. The van der Waals surface area contributed by atoms with E-state index in [1.165, 1.54) is 0 Å². The van der Waals surface area contributed by atoms with Gasteiger partial charge in [0.15, 0.2) is 0 Å². The van der Waals surface area contributed by atoms with Gasteiger partial charge in [0.1, 0.15) is 23.4 Å². The molecule has 216 valence electrons. The normalized spacial score (nSPS) is 15.9. The largest absolute Gasteiger partial charge is 0.483 e. The Hall–Kier alpha value is -4.45. The number of hydrogen-bond acceptors (Lipinski definition) is 5. The number of nitrogens with one attached hydrogen (secondary N) is 1. The highest BCUT2D eigenvalue weighted by Gasteiger charge is 2.38. The predicted octanol–water partition coefficient (Wildman–Crippen LogP) is 9.79. The van der Waals surface area contributed by atoms with Gasteiger partial charge in [-0.1, -0.05) is 89.9 Å². The van der Waals surface area contributed by atoms with Gasteiger partial charge in [-0.2, -0.15) is 0 Å². The summed E-state index contributed by atoms with van der Waals surface area (Å²) < 4.78 is 6.90. The van der Waals surface area contributed by atoms with Gasteiger partial charge < -0.3 is 15.0 Å². The van der Waals surface area contributed by atoms with Crippen LogP contribution in [0.5, 0.6) is 5.75 Å². The van der Waals surface area contributed by atoms with E-state index in [9.17, 15) is 0 Å². The molecule has 1 aliphatic rings. The molecule has 2 unspecified atom stereocenters. The smallest absolute Gasteiger partial charge is 0.145 e. The van der Waals surface area contributed by atoms with Crippen molar-refractivity contribution in [3.63, 3.8) is 0 Å². The minimum Gasteiger partial charge on any atom is -0.483 e. The summed E-state index contributed by atoms with van der Waals surface area (Å²) in [5.74, 6) is 1.21. The SMILES string of the molecule is CN(C)c1ccc(C2Oc3ccccc3N=C(N(c3ccccc3)c3ccccc3)C2CNc2ccccc2Cl)c(Cl)c1. The van der Waals surface area contributed by atoms with Gasteiger partial charge in [-0.3, -0.25) is 4.90 Å². The van der Waals surface area contributed by atoms with Crippen molar-refractivity contribution in [3.05, 3.63) is 143 Å². The van der Waals surface area contributed by atoms with E-state index in [1.54, 1.807) is 0 Å². The van der Waals surface area contributed by atoms with E-state index in [0.29, 0.717) is 22.3 Å². The van der Waals surface area contributed by atoms with E-state index in [4.69, 9.17) is 32.9 Å². The Balaban J connectivity index is 1.57. The van der Waals surface area contributed by atoms with Crippen molar-refractivity contribution in [2.24, 2.45) is 10.9 Å². The van der Waals surface area contributed by atoms with Crippen molar-refractivity contribution in [2.45, 2.75) is 6.10 Å². The molecule has 2 atom stereocenters. The summed E-state index contributed by atoms with van der Waals surface area (Å²) in [4.78, 5) is 9.60. The number of nitrogens with zero attached hydrogens (tertiary/aromatic N) is 3. The first-order chi connectivity index (χ1) is 21.0. The number of hydrogen-bond donors (Lipinski definition) is 1. The summed E-state index contributed by atoms with van der Waals surface area (Å²) in [7, 11) is 4.00. The third-order valence-electron chi connectivity index (χ3n) is 7.50. The number of benzene rings is 5. The molecule has 43 heavy (non-hydrogen) atoms. The maximum atomic E-state index is 7.05. The highest BCUT2D eigenvalue weighted by atomic mass is 35.5. The highest BCUT2D eigenvalue weighted by molar-refractivity contribution is 6.33. The molecule has 0 radical (unpaired) electrons. The molecule has 0 bridgehead atoms. The fourth-order valence-electron chi connectivity index (χ4n) is 5.32. The Morgan fingerprint density at radius 1 is 0.698 bits per heavy atom. The van der Waals surface area contributed by atoms with Crippen LogP contribution in [0.1, 0.15) is 11.7 Å². The maximum absolute atomic E-state index is 7.05. The second kappa shape index (κ2) is 12.8. The lowest BCUT2D eigenvalue weighted by atomic mass is 9.92. The van der Waals surface area contributed by atoms with Gasteiger partial charge in [0.05, 0.1) is 16.6 Å². The van der Waals surface area contributed by atoms with Crippen molar-refractivity contribution in [3.8, 4) is 5.75 Å². The van der Waals surface area contributed by atoms with E-state index < -0.39 is 6.10 Å². The molecule has 5 nitrogen and oxygen atoms in total. The molecular weight excluding hydrogens is 575 g/mol. The lowest BCUT2D eigenvalue weighted by molar-refractivity contribution is 0.175. The highest BCUT2D eigenvalue weighted by Crippen LogP contribution is 2.44. The molecule has 7 heteroatoms. The van der Waals surface area contributed by atoms with Gasteiger partial charge in [0, 0.05) is 48.3 Å². The molecule has 6 rings (SSSR count). The van der Waals surface area contributed by atoms with Crippen LogP contribution in [-0.4, -0.2) is 26.5 Å². The van der Waals surface area contributed by atoms with Crippen LogP contribution in [0.15, 0.2) is 132 Å². The van der Waals surface area contributed by atoms with E-state index in [-0.39, 0.29) is 5.92 Å². The van der Waals surface area contributed by atoms with Gasteiger partial charge in [-0.25, -0.2) is 4.99 Å². The minimum absolute atomic E-state index is 0.299. The van der Waals surface area contributed by atoms with E-state index in [1.807, 2.05) is 110 Å².